The zero-order valence-electron chi connectivity index (χ0n) is 9.58. The van der Waals surface area contributed by atoms with E-state index in [0.29, 0.717) is 0 Å². The average Bonchev–Trinajstić information content (AvgIpc) is 2.26. The van der Waals surface area contributed by atoms with E-state index in [1.165, 1.54) is 4.90 Å². The molecule has 0 aliphatic carbocycles. The number of aryl methyl sites for hydroxylation is 1. The molecule has 0 fully saturated rings. The van der Waals surface area contributed by atoms with Crippen LogP contribution in [0.15, 0.2) is 16.9 Å². The molecular formula is C10H13N3O4. The molecule has 7 heteroatoms. The summed E-state index contributed by atoms with van der Waals surface area (Å²) in [5.41, 5.74) is -0.650. The van der Waals surface area contributed by atoms with E-state index >= 15 is 0 Å². The molecule has 1 amide bonds. The Kier molecular flexibility index (Phi) is 3.97. The monoisotopic (exact) mass is 239 g/mol. The van der Waals surface area contributed by atoms with Crippen molar-refractivity contribution in [3.8, 4) is 0 Å². The van der Waals surface area contributed by atoms with Gasteiger partial charge < -0.3 is 10.0 Å². The maximum atomic E-state index is 11.4. The number of hydrogen-bond acceptors (Lipinski definition) is 4. The van der Waals surface area contributed by atoms with Crippen molar-refractivity contribution in [1.29, 1.82) is 0 Å². The molecule has 0 spiro atoms. The third kappa shape index (κ3) is 3.40. The van der Waals surface area contributed by atoms with Gasteiger partial charge in [-0.3, -0.25) is 9.59 Å². The second kappa shape index (κ2) is 5.24. The predicted molar refractivity (Wildman–Crippen MR) is 58.8 cm³/mol. The van der Waals surface area contributed by atoms with Crippen LogP contribution >= 0.6 is 0 Å². The van der Waals surface area contributed by atoms with Crippen LogP contribution in [0.4, 0.5) is 0 Å². The molecule has 0 aliphatic heterocycles. The molecule has 1 aromatic rings. The van der Waals surface area contributed by atoms with E-state index in [9.17, 15) is 14.4 Å². The molecule has 7 nitrogen and oxygen atoms in total. The first-order valence-electron chi connectivity index (χ1n) is 4.93. The van der Waals surface area contributed by atoms with Crippen LogP contribution in [0.1, 0.15) is 16.9 Å². The number of nitrogens with zero attached hydrogens (tertiary/aromatic N) is 3. The summed E-state index contributed by atoms with van der Waals surface area (Å²) in [4.78, 5) is 34.7. The fraction of sp³-hybridized carbons (Fsp3) is 0.400. The smallest absolute Gasteiger partial charge is 0.356 e. The Morgan fingerprint density at radius 1 is 1.41 bits per heavy atom. The summed E-state index contributed by atoms with van der Waals surface area (Å²) in [6.45, 7) is 0.0664. The molecule has 1 heterocycles. The normalized spacial score (nSPS) is 10.0. The minimum Gasteiger partial charge on any atom is -0.476 e. The summed E-state index contributed by atoms with van der Waals surface area (Å²) in [7, 11) is 3.21. The van der Waals surface area contributed by atoms with Gasteiger partial charge in [0.15, 0.2) is 5.69 Å². The molecule has 0 aromatic carbocycles. The van der Waals surface area contributed by atoms with Gasteiger partial charge in [0.2, 0.25) is 5.91 Å². The third-order valence-corrected chi connectivity index (χ3v) is 2.12. The molecule has 1 aromatic heterocycles. The van der Waals surface area contributed by atoms with Crippen molar-refractivity contribution in [2.75, 3.05) is 14.1 Å². The first kappa shape index (κ1) is 12.9. The third-order valence-electron chi connectivity index (χ3n) is 2.12. The van der Waals surface area contributed by atoms with Crippen LogP contribution in [-0.4, -0.2) is 45.8 Å². The lowest BCUT2D eigenvalue weighted by atomic mass is 10.3. The van der Waals surface area contributed by atoms with Crippen molar-refractivity contribution in [2.45, 2.75) is 13.0 Å². The molecular weight excluding hydrogens is 226 g/mol. The lowest BCUT2D eigenvalue weighted by molar-refractivity contribution is -0.128. The Balaban J connectivity index is 2.84. The van der Waals surface area contributed by atoms with E-state index < -0.39 is 11.5 Å². The average molecular weight is 239 g/mol. The van der Waals surface area contributed by atoms with Crippen LogP contribution in [0.5, 0.6) is 0 Å². The Bertz CT molecular complexity index is 493. The summed E-state index contributed by atoms with van der Waals surface area (Å²) in [6.07, 6.45) is 0.100. The van der Waals surface area contributed by atoms with Crippen molar-refractivity contribution in [2.24, 2.45) is 0 Å². The molecule has 0 saturated carbocycles. The maximum absolute atomic E-state index is 11.4. The van der Waals surface area contributed by atoms with E-state index in [2.05, 4.69) is 5.10 Å². The lowest BCUT2D eigenvalue weighted by Gasteiger charge is -2.10. The Morgan fingerprint density at radius 2 is 2.06 bits per heavy atom. The quantitative estimate of drug-likeness (QED) is 0.758. The van der Waals surface area contributed by atoms with Gasteiger partial charge in [-0.05, 0) is 6.07 Å². The number of carbonyl (C=O) groups is 2. The van der Waals surface area contributed by atoms with Gasteiger partial charge in [-0.25, -0.2) is 9.48 Å². The van der Waals surface area contributed by atoms with Crippen molar-refractivity contribution in [3.63, 3.8) is 0 Å². The summed E-state index contributed by atoms with van der Waals surface area (Å²) < 4.78 is 0.977. The zero-order valence-corrected chi connectivity index (χ0v) is 9.58. The number of carbonyl (C=O) groups excluding carboxylic acids is 1. The number of rotatable bonds is 4. The van der Waals surface area contributed by atoms with Gasteiger partial charge in [0.05, 0.1) is 6.54 Å². The first-order valence-corrected chi connectivity index (χ1v) is 4.93. The molecule has 0 bridgehead atoms. The molecule has 0 aliphatic rings. The van der Waals surface area contributed by atoms with Crippen LogP contribution in [0.3, 0.4) is 0 Å². The number of hydrogen-bond donors (Lipinski definition) is 1. The van der Waals surface area contributed by atoms with Crippen LogP contribution in [-0.2, 0) is 11.3 Å². The highest BCUT2D eigenvalue weighted by Gasteiger charge is 2.09. The minimum absolute atomic E-state index is 0.0664. The van der Waals surface area contributed by atoms with Crippen molar-refractivity contribution in [3.05, 3.63) is 28.2 Å². The van der Waals surface area contributed by atoms with E-state index in [0.717, 1.165) is 16.8 Å². The highest BCUT2D eigenvalue weighted by atomic mass is 16.4. The fourth-order valence-corrected chi connectivity index (χ4v) is 1.15. The maximum Gasteiger partial charge on any atom is 0.356 e. The van der Waals surface area contributed by atoms with E-state index in [4.69, 9.17) is 5.11 Å². The fourth-order valence-electron chi connectivity index (χ4n) is 1.15. The largest absolute Gasteiger partial charge is 0.476 e. The van der Waals surface area contributed by atoms with Crippen LogP contribution in [0, 0.1) is 0 Å². The zero-order chi connectivity index (χ0) is 13.0. The molecule has 0 radical (unpaired) electrons. The van der Waals surface area contributed by atoms with Gasteiger partial charge in [0.1, 0.15) is 0 Å². The van der Waals surface area contributed by atoms with Crippen molar-refractivity contribution >= 4 is 11.9 Å². The highest BCUT2D eigenvalue weighted by molar-refractivity contribution is 5.84. The molecule has 17 heavy (non-hydrogen) atoms. The number of amides is 1. The minimum atomic E-state index is -1.21. The van der Waals surface area contributed by atoms with Crippen LogP contribution in [0.25, 0.3) is 0 Å². The van der Waals surface area contributed by atoms with Gasteiger partial charge in [-0.1, -0.05) is 0 Å². The molecule has 0 unspecified atom stereocenters. The highest BCUT2D eigenvalue weighted by Crippen LogP contribution is 1.93. The number of carboxylic acids is 1. The molecule has 0 saturated heterocycles. The van der Waals surface area contributed by atoms with E-state index in [1.54, 1.807) is 14.1 Å². The molecule has 92 valence electrons. The number of carboxylic acid groups (broad SMARTS) is 1. The summed E-state index contributed by atoms with van der Waals surface area (Å²) in [6, 6.07) is 2.26. The second-order valence-corrected chi connectivity index (χ2v) is 3.62. The van der Waals surface area contributed by atoms with Gasteiger partial charge in [-0.15, -0.1) is 0 Å². The summed E-state index contributed by atoms with van der Waals surface area (Å²) >= 11 is 0. The molecule has 0 atom stereocenters. The van der Waals surface area contributed by atoms with Gasteiger partial charge >= 0.3 is 5.97 Å². The van der Waals surface area contributed by atoms with Crippen LogP contribution < -0.4 is 5.56 Å². The SMILES string of the molecule is CN(C)C(=O)CCn1nc(C(=O)O)ccc1=O. The second-order valence-electron chi connectivity index (χ2n) is 3.62. The Labute approximate surface area is 97.3 Å². The number of aromatic carboxylic acids is 1. The topological polar surface area (TPSA) is 92.5 Å². The van der Waals surface area contributed by atoms with Crippen molar-refractivity contribution < 1.29 is 14.7 Å². The Hall–Kier alpha value is -2.18. The summed E-state index contributed by atoms with van der Waals surface area (Å²) in [5.74, 6) is -1.36. The first-order chi connectivity index (χ1) is 7.91. The van der Waals surface area contributed by atoms with Gasteiger partial charge in [0, 0.05) is 26.6 Å². The Morgan fingerprint density at radius 3 is 2.59 bits per heavy atom. The standard InChI is InChI=1S/C10H13N3O4/c1-12(2)8(14)5-6-13-9(15)4-3-7(11-13)10(16)17/h3-4H,5-6H2,1-2H3,(H,16,17). The van der Waals surface area contributed by atoms with E-state index in [-0.39, 0.29) is 24.6 Å². The van der Waals surface area contributed by atoms with Gasteiger partial charge in [0.25, 0.3) is 5.56 Å². The summed E-state index contributed by atoms with van der Waals surface area (Å²) in [5, 5.41) is 12.3. The molecule has 1 N–H and O–H groups in total. The van der Waals surface area contributed by atoms with Crippen LogP contribution in [0.2, 0.25) is 0 Å². The lowest BCUT2D eigenvalue weighted by Crippen LogP contribution is -2.28. The number of aromatic nitrogens is 2. The van der Waals surface area contributed by atoms with E-state index in [1.807, 2.05) is 0 Å². The molecule has 1 rings (SSSR count). The van der Waals surface area contributed by atoms with Crippen molar-refractivity contribution in [1.82, 2.24) is 14.7 Å². The van der Waals surface area contributed by atoms with Gasteiger partial charge in [-0.2, -0.15) is 5.10 Å². The predicted octanol–water partition coefficient (Wildman–Crippen LogP) is -0.580.